The van der Waals surface area contributed by atoms with Crippen LogP contribution in [-0.4, -0.2) is 109 Å². The fraction of sp³-hybridized carbons (Fsp3) is 0.538. The summed E-state index contributed by atoms with van der Waals surface area (Å²) in [5.41, 5.74) is 13.7. The number of hydrogen-bond acceptors (Lipinski definition) is 10. The summed E-state index contributed by atoms with van der Waals surface area (Å²) in [5.74, 6) is -7.38. The zero-order chi connectivity index (χ0) is 42.9. The Balaban J connectivity index is 1.77. The predicted octanol–water partition coefficient (Wildman–Crippen LogP) is 0.208. The van der Waals surface area contributed by atoms with Crippen LogP contribution in [-0.2, 0) is 46.4 Å². The summed E-state index contributed by atoms with van der Waals surface area (Å²) in [6.45, 7) is 7.39. The summed E-state index contributed by atoms with van der Waals surface area (Å²) in [6, 6.07) is -0.455. The molecule has 19 nitrogen and oxygen atoms in total. The van der Waals surface area contributed by atoms with Gasteiger partial charge in [0.25, 0.3) is 0 Å². The third kappa shape index (κ3) is 14.3. The van der Waals surface area contributed by atoms with Gasteiger partial charge in [0.05, 0.1) is 24.5 Å². The maximum absolute atomic E-state index is 13.9. The minimum atomic E-state index is -1.67. The Bertz CT molecular complexity index is 1850. The number of unbranched alkanes of at least 4 members (excludes halogenated alkanes) is 1. The van der Waals surface area contributed by atoms with E-state index >= 15 is 0 Å². The maximum atomic E-state index is 13.9. The van der Waals surface area contributed by atoms with Crippen LogP contribution in [0.3, 0.4) is 0 Å². The van der Waals surface area contributed by atoms with Gasteiger partial charge in [-0.3, -0.25) is 28.8 Å². The number of benzene rings is 1. The molecule has 3 rings (SSSR count). The molecule has 0 bridgehead atoms. The van der Waals surface area contributed by atoms with Crippen molar-refractivity contribution in [3.8, 4) is 0 Å². The molecule has 13 N–H and O–H groups in total. The number of aliphatic carboxylic acids is 2. The van der Waals surface area contributed by atoms with E-state index in [9.17, 15) is 43.8 Å². The molecule has 19 heteroatoms. The van der Waals surface area contributed by atoms with Crippen LogP contribution in [0.1, 0.15) is 77.5 Å². The first-order chi connectivity index (χ1) is 27.5. The SMILES string of the molecule is CC[C@H](C)[C@H](NC(=O)[C@H](CC(C)C)NC(=O)[C@H](CC(=O)O)NC(=O)[C@H](CCCCN)NC(=O)[C@H](N)Cc1c[nH]cn1)C(=O)N[C@@H](Cc1c[nH]c2ccccc12)C(=O)O. The van der Waals surface area contributed by atoms with E-state index < -0.39 is 90.1 Å². The lowest BCUT2D eigenvalue weighted by Crippen LogP contribution is -2.60. The first-order valence-electron chi connectivity index (χ1n) is 19.5. The molecule has 0 fully saturated rings. The molecular weight excluding hydrogens is 752 g/mol. The zero-order valence-electron chi connectivity index (χ0n) is 33.4. The predicted molar refractivity (Wildman–Crippen MR) is 214 cm³/mol. The number of nitrogens with zero attached hydrogens (tertiary/aromatic N) is 1. The van der Waals surface area contributed by atoms with E-state index in [1.54, 1.807) is 40.1 Å². The smallest absolute Gasteiger partial charge is 0.326 e. The monoisotopic (exact) mass is 810 g/mol. The van der Waals surface area contributed by atoms with Crippen LogP contribution in [0.25, 0.3) is 10.9 Å². The van der Waals surface area contributed by atoms with E-state index in [4.69, 9.17) is 11.5 Å². The van der Waals surface area contributed by atoms with Crippen molar-refractivity contribution in [2.75, 3.05) is 6.54 Å². The molecule has 7 atom stereocenters. The van der Waals surface area contributed by atoms with Gasteiger partial charge in [-0.05, 0) is 55.7 Å². The van der Waals surface area contributed by atoms with E-state index in [0.29, 0.717) is 37.1 Å². The molecule has 0 aliphatic heterocycles. The van der Waals surface area contributed by atoms with Crippen LogP contribution in [0.4, 0.5) is 0 Å². The Labute approximate surface area is 336 Å². The molecule has 5 amide bonds. The van der Waals surface area contributed by atoms with E-state index in [1.807, 2.05) is 24.3 Å². The number of para-hydroxylation sites is 1. The molecule has 0 aliphatic carbocycles. The zero-order valence-corrected chi connectivity index (χ0v) is 33.4. The van der Waals surface area contributed by atoms with Gasteiger partial charge in [-0.1, -0.05) is 52.3 Å². The highest BCUT2D eigenvalue weighted by Crippen LogP contribution is 2.20. The molecule has 3 aromatic rings. The second-order valence-corrected chi connectivity index (χ2v) is 14.9. The summed E-state index contributed by atoms with van der Waals surface area (Å²) in [6.07, 6.45) is 5.36. The Morgan fingerprint density at radius 3 is 2.03 bits per heavy atom. The number of nitrogens with two attached hydrogens (primary N) is 2. The lowest BCUT2D eigenvalue weighted by Gasteiger charge is -2.29. The molecule has 1 aromatic carbocycles. The largest absolute Gasteiger partial charge is 0.481 e. The van der Waals surface area contributed by atoms with E-state index in [-0.39, 0.29) is 31.6 Å². The van der Waals surface area contributed by atoms with E-state index in [0.717, 1.165) is 10.9 Å². The fourth-order valence-corrected chi connectivity index (χ4v) is 6.33. The Kier molecular flexibility index (Phi) is 18.3. The minimum absolute atomic E-state index is 0.0373. The van der Waals surface area contributed by atoms with Crippen LogP contribution in [0.15, 0.2) is 43.0 Å². The second kappa shape index (κ2) is 22.8. The van der Waals surface area contributed by atoms with Gasteiger partial charge in [0.1, 0.15) is 30.2 Å². The van der Waals surface area contributed by atoms with Crippen molar-refractivity contribution in [1.29, 1.82) is 0 Å². The first-order valence-corrected chi connectivity index (χ1v) is 19.5. The molecule has 0 saturated heterocycles. The van der Waals surface area contributed by atoms with E-state index in [2.05, 4.69) is 41.5 Å². The van der Waals surface area contributed by atoms with Gasteiger partial charge < -0.3 is 58.2 Å². The Morgan fingerprint density at radius 2 is 1.41 bits per heavy atom. The van der Waals surface area contributed by atoms with Crippen molar-refractivity contribution in [1.82, 2.24) is 41.5 Å². The highest BCUT2D eigenvalue weighted by Gasteiger charge is 2.35. The third-order valence-corrected chi connectivity index (χ3v) is 9.76. The van der Waals surface area contributed by atoms with Crippen LogP contribution in [0, 0.1) is 11.8 Å². The van der Waals surface area contributed by atoms with Crippen LogP contribution in [0.5, 0.6) is 0 Å². The molecule has 2 heterocycles. The van der Waals surface area contributed by atoms with E-state index in [1.165, 1.54) is 6.33 Å². The Hall–Kier alpha value is -5.82. The highest BCUT2D eigenvalue weighted by atomic mass is 16.4. The topological polar surface area (TPSA) is 317 Å². The normalized spacial score (nSPS) is 14.9. The number of carbonyl (C=O) groups excluding carboxylic acids is 5. The fourth-order valence-electron chi connectivity index (χ4n) is 6.33. The number of fused-ring (bicyclic) bond motifs is 1. The van der Waals surface area contributed by atoms with Gasteiger partial charge in [0.2, 0.25) is 29.5 Å². The van der Waals surface area contributed by atoms with Crippen molar-refractivity contribution in [2.45, 2.75) is 115 Å². The summed E-state index contributed by atoms with van der Waals surface area (Å²) in [4.78, 5) is 102. The summed E-state index contributed by atoms with van der Waals surface area (Å²) < 4.78 is 0. The quantitative estimate of drug-likeness (QED) is 0.0512. The van der Waals surface area contributed by atoms with Crippen molar-refractivity contribution >= 4 is 52.4 Å². The van der Waals surface area contributed by atoms with Gasteiger partial charge in [-0.2, -0.15) is 0 Å². The maximum Gasteiger partial charge on any atom is 0.326 e. The molecule has 0 saturated carbocycles. The van der Waals surface area contributed by atoms with Crippen molar-refractivity contribution in [3.05, 3.63) is 54.2 Å². The number of imidazole rings is 1. The number of rotatable bonds is 25. The van der Waals surface area contributed by atoms with Gasteiger partial charge in [-0.25, -0.2) is 9.78 Å². The minimum Gasteiger partial charge on any atom is -0.481 e. The van der Waals surface area contributed by atoms with Gasteiger partial charge >= 0.3 is 11.9 Å². The van der Waals surface area contributed by atoms with Crippen molar-refractivity contribution < 1.29 is 43.8 Å². The number of hydrogen-bond donors (Lipinski definition) is 11. The van der Waals surface area contributed by atoms with Gasteiger partial charge in [-0.15, -0.1) is 0 Å². The average Bonchev–Trinajstić information content (AvgIpc) is 3.84. The van der Waals surface area contributed by atoms with Crippen LogP contribution in [0.2, 0.25) is 0 Å². The lowest BCUT2D eigenvalue weighted by atomic mass is 9.96. The number of carbonyl (C=O) groups is 7. The van der Waals surface area contributed by atoms with Crippen molar-refractivity contribution in [2.24, 2.45) is 23.3 Å². The molecule has 318 valence electrons. The van der Waals surface area contributed by atoms with Crippen LogP contribution >= 0.6 is 0 Å². The third-order valence-electron chi connectivity index (χ3n) is 9.76. The average molecular weight is 811 g/mol. The second-order valence-electron chi connectivity index (χ2n) is 14.9. The molecule has 0 unspecified atom stereocenters. The highest BCUT2D eigenvalue weighted by molar-refractivity contribution is 5.97. The molecule has 0 aliphatic rings. The number of aromatic amines is 2. The number of amides is 5. The number of nitrogens with one attached hydrogen (secondary N) is 7. The van der Waals surface area contributed by atoms with Crippen molar-refractivity contribution in [3.63, 3.8) is 0 Å². The number of carboxylic acid groups (broad SMARTS) is 2. The Morgan fingerprint density at radius 1 is 0.776 bits per heavy atom. The van der Waals surface area contributed by atoms with Gasteiger partial charge in [0, 0.05) is 36.1 Å². The molecule has 0 spiro atoms. The summed E-state index contributed by atoms with van der Waals surface area (Å²) >= 11 is 0. The molecular formula is C39H58N10O9. The standard InChI is InChI=1S/C39H58N10O9/c1-5-22(4)33(38(56)48-31(39(57)58)15-23-18-43-27-11-7-6-10-25(23)27)49-37(55)29(14-21(2)3)46-36(54)30(17-32(50)51)47-35(53)28(12-8-9-13-40)45-34(52)26(41)16-24-19-42-20-44-24/h6-7,10-11,18-22,26,28-31,33,43H,5,8-9,12-17,40-41H2,1-4H3,(H,42,44)(H,45,52)(H,46,54)(H,47,53)(H,48,56)(H,49,55)(H,50,51)(H,57,58)/t22-,26+,28-,29-,30-,31-,33-/m0/s1. The van der Waals surface area contributed by atoms with Crippen LogP contribution < -0.4 is 38.1 Å². The summed E-state index contributed by atoms with van der Waals surface area (Å²) in [5, 5.41) is 33.3. The molecule has 58 heavy (non-hydrogen) atoms. The lowest BCUT2D eigenvalue weighted by molar-refractivity contribution is -0.142. The molecule has 2 aromatic heterocycles. The number of H-pyrrole nitrogens is 2. The number of carboxylic acids is 2. The first kappa shape index (κ1) is 46.6. The van der Waals surface area contributed by atoms with Gasteiger partial charge in [0.15, 0.2) is 0 Å². The molecule has 0 radical (unpaired) electrons. The summed E-state index contributed by atoms with van der Waals surface area (Å²) in [7, 11) is 0. The number of aromatic nitrogens is 3.